The first-order chi connectivity index (χ1) is 8.86. The lowest BCUT2D eigenvalue weighted by Crippen LogP contribution is -2.51. The third-order valence-corrected chi connectivity index (χ3v) is 4.95. The van der Waals surface area contributed by atoms with Crippen LogP contribution in [-0.2, 0) is 9.53 Å². The number of carbonyl (C=O) groups excluding carboxylic acids is 1. The van der Waals surface area contributed by atoms with Crippen LogP contribution >= 0.6 is 0 Å². The quantitative estimate of drug-likeness (QED) is 0.549. The van der Waals surface area contributed by atoms with Gasteiger partial charge in [-0.3, -0.25) is 4.79 Å². The molecule has 2 rings (SSSR count). The predicted molar refractivity (Wildman–Crippen MR) is 77.7 cm³/mol. The summed E-state index contributed by atoms with van der Waals surface area (Å²) in [6.45, 7) is 10.3. The van der Waals surface area contributed by atoms with Crippen LogP contribution < -0.4 is 0 Å². The molecule has 0 aromatic rings. The van der Waals surface area contributed by atoms with Crippen molar-refractivity contribution in [2.24, 2.45) is 17.8 Å². The molecule has 0 amide bonds. The third-order valence-electron chi connectivity index (χ3n) is 4.95. The van der Waals surface area contributed by atoms with Gasteiger partial charge in [-0.25, -0.2) is 0 Å². The van der Waals surface area contributed by atoms with Crippen LogP contribution in [0.3, 0.4) is 0 Å². The number of hydrogen-bond acceptors (Lipinski definition) is 2. The fraction of sp³-hybridized carbons (Fsp3) is 0.706. The molecule has 2 heteroatoms. The van der Waals surface area contributed by atoms with Gasteiger partial charge in [0.2, 0.25) is 0 Å². The molecule has 0 N–H and O–H groups in total. The second-order valence-corrected chi connectivity index (χ2v) is 6.54. The van der Waals surface area contributed by atoms with Crippen LogP contribution in [0, 0.1) is 17.8 Å². The lowest BCUT2D eigenvalue weighted by molar-refractivity contribution is -0.171. The van der Waals surface area contributed by atoms with Gasteiger partial charge in [0.25, 0.3) is 0 Å². The minimum atomic E-state index is -0.350. The van der Waals surface area contributed by atoms with E-state index in [-0.39, 0.29) is 11.6 Å². The summed E-state index contributed by atoms with van der Waals surface area (Å²) >= 11 is 0. The molecule has 19 heavy (non-hydrogen) atoms. The first-order valence-electron chi connectivity index (χ1n) is 7.40. The summed E-state index contributed by atoms with van der Waals surface area (Å²) in [6, 6.07) is 0. The fourth-order valence-corrected chi connectivity index (χ4v) is 3.78. The number of allylic oxidation sites excluding steroid dienone is 2. The summed E-state index contributed by atoms with van der Waals surface area (Å²) in [5, 5.41) is 0. The van der Waals surface area contributed by atoms with Gasteiger partial charge in [0.1, 0.15) is 5.60 Å². The molecule has 2 nitrogen and oxygen atoms in total. The molecule has 0 aliphatic heterocycles. The van der Waals surface area contributed by atoms with E-state index in [1.165, 1.54) is 30.9 Å². The monoisotopic (exact) mass is 262 g/mol. The van der Waals surface area contributed by atoms with E-state index in [0.29, 0.717) is 17.8 Å². The van der Waals surface area contributed by atoms with Gasteiger partial charge >= 0.3 is 5.97 Å². The average molecular weight is 262 g/mol. The number of rotatable bonds is 2. The molecule has 0 unspecified atom stereocenters. The molecule has 3 atom stereocenters. The van der Waals surface area contributed by atoms with E-state index in [0.717, 1.165) is 6.42 Å². The molecule has 0 aromatic heterocycles. The number of hydrogen-bond donors (Lipinski definition) is 0. The van der Waals surface area contributed by atoms with E-state index >= 15 is 0 Å². The van der Waals surface area contributed by atoms with Crippen LogP contribution in [-0.4, -0.2) is 11.6 Å². The van der Waals surface area contributed by atoms with Crippen molar-refractivity contribution in [3.05, 3.63) is 23.3 Å². The van der Waals surface area contributed by atoms with Gasteiger partial charge < -0.3 is 4.74 Å². The highest BCUT2D eigenvalue weighted by Crippen LogP contribution is 2.49. The molecule has 0 bridgehead atoms. The predicted octanol–water partition coefficient (Wildman–Crippen LogP) is 4.27. The van der Waals surface area contributed by atoms with Gasteiger partial charge in [-0.05, 0) is 38.5 Å². The number of ether oxygens (including phenoxy) is 1. The summed E-state index contributed by atoms with van der Waals surface area (Å²) in [7, 11) is 0. The van der Waals surface area contributed by atoms with Crippen molar-refractivity contribution in [2.45, 2.75) is 59.5 Å². The first-order valence-corrected chi connectivity index (χ1v) is 7.40. The Balaban J connectivity index is 2.47. The maximum atomic E-state index is 11.6. The molecular weight excluding hydrogens is 236 g/mol. The molecule has 2 aliphatic rings. The Bertz CT molecular complexity index is 431. The minimum absolute atomic E-state index is 0.156. The fourth-order valence-electron chi connectivity index (χ4n) is 3.78. The maximum absolute atomic E-state index is 11.6. The maximum Gasteiger partial charge on any atom is 0.303 e. The number of fused-ring (bicyclic) bond motifs is 1. The molecule has 2 aliphatic carbocycles. The van der Waals surface area contributed by atoms with Crippen LogP contribution in [0.1, 0.15) is 53.9 Å². The van der Waals surface area contributed by atoms with Gasteiger partial charge in [-0.15, -0.1) is 0 Å². The first kappa shape index (κ1) is 14.4. The Labute approximate surface area is 116 Å². The van der Waals surface area contributed by atoms with Gasteiger partial charge in [-0.2, -0.15) is 0 Å². The van der Waals surface area contributed by atoms with E-state index in [2.05, 4.69) is 39.8 Å². The van der Waals surface area contributed by atoms with Crippen LogP contribution in [0.15, 0.2) is 23.3 Å². The Morgan fingerprint density at radius 1 is 1.42 bits per heavy atom. The summed E-state index contributed by atoms with van der Waals surface area (Å²) in [6.07, 6.45) is 7.86. The molecule has 0 saturated heterocycles. The Kier molecular flexibility index (Phi) is 3.89. The molecule has 106 valence electrons. The second kappa shape index (κ2) is 5.15. The molecule has 0 radical (unpaired) electrons. The van der Waals surface area contributed by atoms with Crippen molar-refractivity contribution in [2.75, 3.05) is 0 Å². The van der Waals surface area contributed by atoms with E-state index < -0.39 is 0 Å². The van der Waals surface area contributed by atoms with Crippen molar-refractivity contribution in [3.8, 4) is 0 Å². The van der Waals surface area contributed by atoms with Crippen molar-refractivity contribution in [1.82, 2.24) is 0 Å². The summed E-state index contributed by atoms with van der Waals surface area (Å²) in [5.74, 6) is 1.06. The average Bonchev–Trinajstić information content (AvgIpc) is 2.32. The summed E-state index contributed by atoms with van der Waals surface area (Å²) in [4.78, 5) is 11.6. The highest BCUT2D eigenvalue weighted by atomic mass is 16.6. The largest absolute Gasteiger partial charge is 0.458 e. The van der Waals surface area contributed by atoms with E-state index in [1.807, 2.05) is 0 Å². The molecule has 0 fully saturated rings. The zero-order valence-electron chi connectivity index (χ0n) is 12.8. The SMILES string of the molecule is CC(=O)O[C@]1(C(C)C)CC=C(C)[C@@H]2CCC(C)=C[C@@H]21. The molecule has 0 heterocycles. The Hall–Kier alpha value is -1.05. The van der Waals surface area contributed by atoms with Gasteiger partial charge in [0.05, 0.1) is 0 Å². The standard InChI is InChI=1S/C17H26O2/c1-11(2)17(19-14(5)18)9-8-13(4)15-7-6-12(3)10-16(15)17/h8,10-11,15-16H,6-7,9H2,1-5H3/t15-,16-,17-/m0/s1. The molecule has 0 aromatic carbocycles. The summed E-state index contributed by atoms with van der Waals surface area (Å²) < 4.78 is 5.88. The van der Waals surface area contributed by atoms with Crippen molar-refractivity contribution >= 4 is 5.97 Å². The van der Waals surface area contributed by atoms with Crippen molar-refractivity contribution < 1.29 is 9.53 Å². The smallest absolute Gasteiger partial charge is 0.303 e. The van der Waals surface area contributed by atoms with Crippen molar-refractivity contribution in [3.63, 3.8) is 0 Å². The Morgan fingerprint density at radius 2 is 2.11 bits per heavy atom. The molecule has 0 saturated carbocycles. The lowest BCUT2D eigenvalue weighted by atomic mass is 9.61. The zero-order chi connectivity index (χ0) is 14.2. The van der Waals surface area contributed by atoms with Crippen molar-refractivity contribution in [1.29, 1.82) is 0 Å². The highest BCUT2D eigenvalue weighted by Gasteiger charge is 2.49. The van der Waals surface area contributed by atoms with E-state index in [1.54, 1.807) is 0 Å². The van der Waals surface area contributed by atoms with Gasteiger partial charge in [0, 0.05) is 19.3 Å². The topological polar surface area (TPSA) is 26.3 Å². The minimum Gasteiger partial charge on any atom is -0.458 e. The van der Waals surface area contributed by atoms with Gasteiger partial charge in [-0.1, -0.05) is 37.1 Å². The highest BCUT2D eigenvalue weighted by molar-refractivity contribution is 5.67. The number of esters is 1. The number of carbonyl (C=O) groups is 1. The van der Waals surface area contributed by atoms with E-state index in [9.17, 15) is 4.79 Å². The normalized spacial score (nSPS) is 34.4. The third kappa shape index (κ3) is 2.50. The second-order valence-electron chi connectivity index (χ2n) is 6.54. The van der Waals surface area contributed by atoms with Crippen LogP contribution in [0.4, 0.5) is 0 Å². The van der Waals surface area contributed by atoms with Crippen LogP contribution in [0.25, 0.3) is 0 Å². The van der Waals surface area contributed by atoms with Gasteiger partial charge in [0.15, 0.2) is 0 Å². The Morgan fingerprint density at radius 3 is 2.68 bits per heavy atom. The molecular formula is C17H26O2. The van der Waals surface area contributed by atoms with Crippen LogP contribution in [0.2, 0.25) is 0 Å². The zero-order valence-corrected chi connectivity index (χ0v) is 12.8. The molecule has 0 spiro atoms. The summed E-state index contributed by atoms with van der Waals surface area (Å²) in [5.41, 5.74) is 2.56. The van der Waals surface area contributed by atoms with E-state index in [4.69, 9.17) is 4.74 Å². The van der Waals surface area contributed by atoms with Crippen LogP contribution in [0.5, 0.6) is 0 Å². The lowest BCUT2D eigenvalue weighted by Gasteiger charge is -2.49.